The second-order valence-electron chi connectivity index (χ2n) is 4.94. The highest BCUT2D eigenvalue weighted by Crippen LogP contribution is 2.49. The largest absolute Gasteiger partial charge is 0.416 e. The molecule has 0 aromatic heterocycles. The second kappa shape index (κ2) is 6.16. The van der Waals surface area contributed by atoms with Gasteiger partial charge in [0.2, 0.25) is 0 Å². The minimum Gasteiger partial charge on any atom is -0.340 e. The van der Waals surface area contributed by atoms with Crippen molar-refractivity contribution in [2.24, 2.45) is 0 Å². The van der Waals surface area contributed by atoms with Gasteiger partial charge in [-0.3, -0.25) is 0 Å². The summed E-state index contributed by atoms with van der Waals surface area (Å²) in [7, 11) is 0. The number of rotatable bonds is 3. The number of alkyl halides is 4. The fourth-order valence-corrected chi connectivity index (χ4v) is 3.79. The molecule has 22 heavy (non-hydrogen) atoms. The molecule has 0 radical (unpaired) electrons. The van der Waals surface area contributed by atoms with Gasteiger partial charge in [0.05, 0.1) is 16.9 Å². The Kier molecular flexibility index (Phi) is 4.41. The van der Waals surface area contributed by atoms with Crippen molar-refractivity contribution in [3.8, 4) is 0 Å². The lowest BCUT2D eigenvalue weighted by molar-refractivity contribution is -0.137. The standard InChI is InChI=1S/C16H13BrF3NS/c17-8-3-9-21-12-4-1-2-5-14(12)22-15-7-6-11(10-13(15)21)16(18,19)20/h1-2,4-7,10H,3,8-9H2. The van der Waals surface area contributed by atoms with Crippen molar-refractivity contribution in [3.63, 3.8) is 0 Å². The molecule has 3 rings (SSSR count). The number of benzene rings is 2. The minimum atomic E-state index is -4.32. The molecule has 0 unspecified atom stereocenters. The summed E-state index contributed by atoms with van der Waals surface area (Å²) in [6, 6.07) is 11.8. The van der Waals surface area contributed by atoms with Gasteiger partial charge in [-0.1, -0.05) is 39.8 Å². The van der Waals surface area contributed by atoms with Crippen LogP contribution in [0.5, 0.6) is 0 Å². The molecule has 0 atom stereocenters. The van der Waals surface area contributed by atoms with Crippen LogP contribution in [0.15, 0.2) is 52.3 Å². The van der Waals surface area contributed by atoms with Gasteiger partial charge in [-0.25, -0.2) is 0 Å². The van der Waals surface area contributed by atoms with E-state index in [1.807, 2.05) is 29.2 Å². The molecule has 2 aromatic carbocycles. The van der Waals surface area contributed by atoms with Gasteiger partial charge in [0.25, 0.3) is 0 Å². The van der Waals surface area contributed by atoms with Crippen LogP contribution in [0.3, 0.4) is 0 Å². The smallest absolute Gasteiger partial charge is 0.340 e. The lowest BCUT2D eigenvalue weighted by Gasteiger charge is -2.33. The average molecular weight is 388 g/mol. The highest BCUT2D eigenvalue weighted by atomic mass is 79.9. The number of fused-ring (bicyclic) bond motifs is 2. The minimum absolute atomic E-state index is 0.602. The Morgan fingerprint density at radius 1 is 1.00 bits per heavy atom. The predicted octanol–water partition coefficient (Wildman–Crippen LogP) is 6.09. The molecule has 1 nitrogen and oxygen atoms in total. The lowest BCUT2D eigenvalue weighted by Crippen LogP contribution is -2.23. The molecule has 2 aromatic rings. The van der Waals surface area contributed by atoms with E-state index in [9.17, 15) is 13.2 Å². The van der Waals surface area contributed by atoms with Gasteiger partial charge in [0.1, 0.15) is 0 Å². The maximum Gasteiger partial charge on any atom is 0.416 e. The molecular weight excluding hydrogens is 375 g/mol. The van der Waals surface area contributed by atoms with Gasteiger partial charge in [0, 0.05) is 21.7 Å². The molecule has 0 spiro atoms. The van der Waals surface area contributed by atoms with E-state index in [0.29, 0.717) is 12.2 Å². The third-order valence-electron chi connectivity index (χ3n) is 3.47. The SMILES string of the molecule is FC(F)(F)c1ccc2c(c1)N(CCCBr)c1ccccc1S2. The maximum atomic E-state index is 13.0. The molecule has 6 heteroatoms. The van der Waals surface area contributed by atoms with E-state index in [4.69, 9.17) is 0 Å². The summed E-state index contributed by atoms with van der Waals surface area (Å²) in [5.41, 5.74) is 1.01. The van der Waals surface area contributed by atoms with Crippen LogP contribution >= 0.6 is 27.7 Å². The number of anilines is 2. The Morgan fingerprint density at radius 2 is 1.73 bits per heavy atom. The molecule has 1 heterocycles. The molecule has 0 fully saturated rings. The van der Waals surface area contributed by atoms with Crippen LogP contribution in [0.2, 0.25) is 0 Å². The van der Waals surface area contributed by atoms with E-state index in [1.165, 1.54) is 17.8 Å². The van der Waals surface area contributed by atoms with Crippen molar-refractivity contribution in [1.82, 2.24) is 0 Å². The topological polar surface area (TPSA) is 3.24 Å². The van der Waals surface area contributed by atoms with Gasteiger partial charge in [0.15, 0.2) is 0 Å². The number of halogens is 4. The fourth-order valence-electron chi connectivity index (χ4n) is 2.46. The lowest BCUT2D eigenvalue weighted by atomic mass is 10.1. The third kappa shape index (κ3) is 2.99. The van der Waals surface area contributed by atoms with E-state index in [1.54, 1.807) is 6.07 Å². The second-order valence-corrected chi connectivity index (χ2v) is 6.82. The van der Waals surface area contributed by atoms with Crippen molar-refractivity contribution in [1.29, 1.82) is 0 Å². The molecule has 116 valence electrons. The van der Waals surface area contributed by atoms with E-state index in [-0.39, 0.29) is 0 Å². The summed E-state index contributed by atoms with van der Waals surface area (Å²) < 4.78 is 39.0. The first-order valence-corrected chi connectivity index (χ1v) is 8.76. The van der Waals surface area contributed by atoms with Gasteiger partial charge in [-0.05, 0) is 36.8 Å². The van der Waals surface area contributed by atoms with E-state index < -0.39 is 11.7 Å². The monoisotopic (exact) mass is 387 g/mol. The normalized spacial score (nSPS) is 13.7. The Hall–Kier alpha value is -1.14. The summed E-state index contributed by atoms with van der Waals surface area (Å²) >= 11 is 4.91. The van der Waals surface area contributed by atoms with Crippen molar-refractivity contribution in [3.05, 3.63) is 48.0 Å². The molecule has 0 bridgehead atoms. The zero-order valence-electron chi connectivity index (χ0n) is 11.5. The number of hydrogen-bond acceptors (Lipinski definition) is 2. The van der Waals surface area contributed by atoms with Gasteiger partial charge in [-0.15, -0.1) is 0 Å². The van der Waals surface area contributed by atoms with Crippen molar-refractivity contribution in [2.75, 3.05) is 16.8 Å². The predicted molar refractivity (Wildman–Crippen MR) is 87.4 cm³/mol. The molecule has 1 aliphatic rings. The van der Waals surface area contributed by atoms with E-state index >= 15 is 0 Å². The highest BCUT2D eigenvalue weighted by molar-refractivity contribution is 9.09. The van der Waals surface area contributed by atoms with E-state index in [2.05, 4.69) is 15.9 Å². The van der Waals surface area contributed by atoms with Gasteiger partial charge < -0.3 is 4.90 Å². The van der Waals surface area contributed by atoms with Crippen LogP contribution in [-0.4, -0.2) is 11.9 Å². The molecule has 0 saturated heterocycles. The fraction of sp³-hybridized carbons (Fsp3) is 0.250. The van der Waals surface area contributed by atoms with E-state index in [0.717, 1.165) is 33.3 Å². The molecule has 0 N–H and O–H groups in total. The van der Waals surface area contributed by atoms with Crippen molar-refractivity contribution >= 4 is 39.1 Å². The Bertz CT molecular complexity index is 687. The van der Waals surface area contributed by atoms with Gasteiger partial charge in [-0.2, -0.15) is 13.2 Å². The van der Waals surface area contributed by atoms with Crippen LogP contribution in [0.25, 0.3) is 0 Å². The Labute approximate surface area is 139 Å². The van der Waals surface area contributed by atoms with Crippen LogP contribution in [0.1, 0.15) is 12.0 Å². The van der Waals surface area contributed by atoms with Crippen LogP contribution in [0.4, 0.5) is 24.5 Å². The average Bonchev–Trinajstić information content (AvgIpc) is 2.50. The quantitative estimate of drug-likeness (QED) is 0.585. The van der Waals surface area contributed by atoms with Crippen molar-refractivity contribution < 1.29 is 13.2 Å². The zero-order valence-corrected chi connectivity index (χ0v) is 13.9. The number of nitrogens with zero attached hydrogens (tertiary/aromatic N) is 1. The van der Waals surface area contributed by atoms with Gasteiger partial charge >= 0.3 is 6.18 Å². The summed E-state index contributed by atoms with van der Waals surface area (Å²) in [6.07, 6.45) is -3.47. The van der Waals surface area contributed by atoms with Crippen molar-refractivity contribution in [2.45, 2.75) is 22.4 Å². The number of hydrogen-bond donors (Lipinski definition) is 0. The molecule has 1 aliphatic heterocycles. The first-order valence-electron chi connectivity index (χ1n) is 6.82. The van der Waals surface area contributed by atoms with Crippen LogP contribution < -0.4 is 4.90 Å². The first kappa shape index (κ1) is 15.7. The highest BCUT2D eigenvalue weighted by Gasteiger charge is 2.33. The van der Waals surface area contributed by atoms with Crippen LogP contribution in [0, 0.1) is 0 Å². The molecule has 0 aliphatic carbocycles. The summed E-state index contributed by atoms with van der Waals surface area (Å²) in [5.74, 6) is 0. The first-order chi connectivity index (χ1) is 10.5. The third-order valence-corrected chi connectivity index (χ3v) is 5.16. The number of para-hydroxylation sites is 1. The summed E-state index contributed by atoms with van der Waals surface area (Å²) in [5, 5.41) is 0.813. The summed E-state index contributed by atoms with van der Waals surface area (Å²) in [4.78, 5) is 3.92. The molecular formula is C16H13BrF3NS. The Balaban J connectivity index is 2.08. The molecule has 0 saturated carbocycles. The zero-order chi connectivity index (χ0) is 15.7. The molecule has 0 amide bonds. The summed E-state index contributed by atoms with van der Waals surface area (Å²) in [6.45, 7) is 0.678. The van der Waals surface area contributed by atoms with Crippen LogP contribution in [-0.2, 0) is 6.18 Å². The Morgan fingerprint density at radius 3 is 2.45 bits per heavy atom. The maximum absolute atomic E-state index is 13.0.